The molecule has 0 fully saturated rings. The average molecular weight is 183 g/mol. The molecule has 0 unspecified atom stereocenters. The Morgan fingerprint density at radius 3 is 0.600 bits per heavy atom. The minimum atomic E-state index is 0. The number of rotatable bonds is 0. The third-order valence-electron chi connectivity index (χ3n) is 0. The fraction of sp³-hybridized carbons (Fsp3) is 0. The predicted octanol–water partition coefficient (Wildman–Crippen LogP) is -8.61. The Labute approximate surface area is 60.3 Å². The van der Waals surface area contributed by atoms with Crippen LogP contribution in [0, 0.1) is 0 Å². The van der Waals surface area contributed by atoms with Gasteiger partial charge in [-0.05, 0) is 0 Å². The molecule has 5 heavy (non-hydrogen) atoms. The molecule has 0 atom stereocenters. The molecule has 0 aromatic rings. The van der Waals surface area contributed by atoms with E-state index in [1.54, 1.807) is 0 Å². The molecule has 0 bridgehead atoms. The first-order valence-electron chi connectivity index (χ1n) is 0. The monoisotopic (exact) mass is 182 g/mol. The molecule has 0 aliphatic rings. The molecule has 0 aliphatic carbocycles. The van der Waals surface area contributed by atoms with Crippen molar-refractivity contribution in [2.75, 3.05) is 0 Å². The van der Waals surface area contributed by atoms with Gasteiger partial charge in [-0.25, -0.2) is 0 Å². The minimum Gasteiger partial charge on any atom is -1.00 e. The third kappa shape index (κ3) is 33.3. The Balaban J connectivity index is 0. The van der Waals surface area contributed by atoms with Crippen LogP contribution >= 0.6 is 0 Å². The van der Waals surface area contributed by atoms with Crippen LogP contribution in [0.5, 0.6) is 0 Å². The second kappa shape index (κ2) is 56.2. The maximum absolute atomic E-state index is 0. The SMILES string of the molecule is [Cl-].[Cl-].[Cl-].[Co+2].[NH4+]. The van der Waals surface area contributed by atoms with Crippen molar-refractivity contribution in [2.45, 2.75) is 0 Å². The van der Waals surface area contributed by atoms with Gasteiger partial charge in [0.25, 0.3) is 0 Å². The molecule has 0 aromatic carbocycles. The van der Waals surface area contributed by atoms with Crippen molar-refractivity contribution in [3.63, 3.8) is 0 Å². The summed E-state index contributed by atoms with van der Waals surface area (Å²) < 4.78 is 0. The maximum atomic E-state index is 0. The van der Waals surface area contributed by atoms with E-state index in [9.17, 15) is 0 Å². The zero-order chi connectivity index (χ0) is 0. The molecule has 0 rings (SSSR count). The van der Waals surface area contributed by atoms with Crippen LogP contribution in [0.1, 0.15) is 0 Å². The summed E-state index contributed by atoms with van der Waals surface area (Å²) in [6, 6.07) is 0. The summed E-state index contributed by atoms with van der Waals surface area (Å²) >= 11 is 0. The van der Waals surface area contributed by atoms with Crippen LogP contribution in [0.25, 0.3) is 0 Å². The number of hydrogen-bond acceptors (Lipinski definition) is 0. The van der Waals surface area contributed by atoms with Gasteiger partial charge < -0.3 is 43.4 Å². The van der Waals surface area contributed by atoms with Gasteiger partial charge in [-0.1, -0.05) is 0 Å². The van der Waals surface area contributed by atoms with E-state index in [4.69, 9.17) is 0 Å². The molecule has 5 heteroatoms. The minimum absolute atomic E-state index is 0. The Kier molecular flexibility index (Phi) is 1140. The Hall–Kier alpha value is 1.34. The number of quaternary nitrogens is 1. The van der Waals surface area contributed by atoms with E-state index in [-0.39, 0.29) is 60.2 Å². The number of hydrogen-bond donors (Lipinski definition) is 1. The summed E-state index contributed by atoms with van der Waals surface area (Å²) in [6.07, 6.45) is 0. The van der Waals surface area contributed by atoms with Crippen LogP contribution in [-0.4, -0.2) is 0 Å². The molecule has 0 saturated carbocycles. The molecule has 1 nitrogen and oxygen atoms in total. The first-order valence-corrected chi connectivity index (χ1v) is 0. The summed E-state index contributed by atoms with van der Waals surface area (Å²) in [5.74, 6) is 0. The zero-order valence-electron chi connectivity index (χ0n) is 2.47. The largest absolute Gasteiger partial charge is 2.00 e. The summed E-state index contributed by atoms with van der Waals surface area (Å²) in [5, 5.41) is 0. The zero-order valence-corrected chi connectivity index (χ0v) is 5.78. The third-order valence-corrected chi connectivity index (χ3v) is 0. The predicted molar refractivity (Wildman–Crippen MR) is 5.98 cm³/mol. The molecular weight excluding hydrogens is 179 g/mol. The van der Waals surface area contributed by atoms with Crippen LogP contribution in [0.15, 0.2) is 0 Å². The van der Waals surface area contributed by atoms with E-state index in [0.717, 1.165) is 0 Å². The molecule has 4 N–H and O–H groups in total. The second-order valence-electron chi connectivity index (χ2n) is 0. The van der Waals surface area contributed by atoms with Crippen molar-refractivity contribution in [2.24, 2.45) is 0 Å². The van der Waals surface area contributed by atoms with Crippen molar-refractivity contribution in [3.05, 3.63) is 0 Å². The average Bonchev–Trinajstić information content (AvgIpc) is 0. The fourth-order valence-corrected chi connectivity index (χ4v) is 0. The van der Waals surface area contributed by atoms with Crippen molar-refractivity contribution >= 4 is 0 Å². The standard InChI is InChI=1S/3ClH.Co.H3N/h3*1H;;1H3/q;;;+2;/p-2. The van der Waals surface area contributed by atoms with Crippen molar-refractivity contribution in [1.82, 2.24) is 6.15 Å². The van der Waals surface area contributed by atoms with Crippen LogP contribution in [0.4, 0.5) is 0 Å². The molecule has 0 amide bonds. The molecule has 0 spiro atoms. The Morgan fingerprint density at radius 1 is 0.600 bits per heavy atom. The van der Waals surface area contributed by atoms with Crippen LogP contribution in [0.2, 0.25) is 0 Å². The summed E-state index contributed by atoms with van der Waals surface area (Å²) in [6.45, 7) is 0. The van der Waals surface area contributed by atoms with Gasteiger partial charge in [0.1, 0.15) is 0 Å². The second-order valence-corrected chi connectivity index (χ2v) is 0. The first kappa shape index (κ1) is 101. The van der Waals surface area contributed by atoms with Crippen LogP contribution in [0.3, 0.4) is 0 Å². The van der Waals surface area contributed by atoms with E-state index in [1.807, 2.05) is 0 Å². The van der Waals surface area contributed by atoms with Gasteiger partial charge in [0, 0.05) is 0 Å². The molecule has 0 aromatic heterocycles. The number of halogens is 3. The van der Waals surface area contributed by atoms with Gasteiger partial charge >= 0.3 is 16.8 Å². The van der Waals surface area contributed by atoms with E-state index in [0.29, 0.717) is 0 Å². The molecule has 1 radical (unpaired) electrons. The smallest absolute Gasteiger partial charge is 1.00 e. The van der Waals surface area contributed by atoms with E-state index in [2.05, 4.69) is 0 Å². The van der Waals surface area contributed by atoms with Gasteiger partial charge in [-0.3, -0.25) is 0 Å². The van der Waals surface area contributed by atoms with Gasteiger partial charge in [-0.2, -0.15) is 0 Å². The summed E-state index contributed by atoms with van der Waals surface area (Å²) in [7, 11) is 0. The normalized spacial score (nSPS) is 0. The molecule has 39 valence electrons. The van der Waals surface area contributed by atoms with Crippen LogP contribution < -0.4 is 43.4 Å². The first-order chi connectivity index (χ1) is 0. The summed E-state index contributed by atoms with van der Waals surface area (Å²) in [5.41, 5.74) is 0. The van der Waals surface area contributed by atoms with Gasteiger partial charge in [-0.15, -0.1) is 0 Å². The van der Waals surface area contributed by atoms with Gasteiger partial charge in [0.2, 0.25) is 0 Å². The molecular formula is H4Cl3CoN. The Bertz CT molecular complexity index is 6.85. The van der Waals surface area contributed by atoms with Crippen molar-refractivity contribution < 1.29 is 54.0 Å². The van der Waals surface area contributed by atoms with E-state index < -0.39 is 0 Å². The maximum Gasteiger partial charge on any atom is 2.00 e. The van der Waals surface area contributed by atoms with Crippen molar-refractivity contribution in [3.8, 4) is 0 Å². The molecule has 0 aliphatic heterocycles. The molecule has 0 heterocycles. The van der Waals surface area contributed by atoms with E-state index in [1.165, 1.54) is 0 Å². The molecule has 0 saturated heterocycles. The summed E-state index contributed by atoms with van der Waals surface area (Å²) in [4.78, 5) is 0. The van der Waals surface area contributed by atoms with Crippen LogP contribution in [-0.2, 0) is 16.8 Å². The fourth-order valence-electron chi connectivity index (χ4n) is 0. The van der Waals surface area contributed by atoms with Gasteiger partial charge in [0.05, 0.1) is 0 Å². The Morgan fingerprint density at radius 2 is 0.600 bits per heavy atom. The quantitative estimate of drug-likeness (QED) is 0.387. The van der Waals surface area contributed by atoms with Crippen molar-refractivity contribution in [1.29, 1.82) is 0 Å². The topological polar surface area (TPSA) is 36.5 Å². The van der Waals surface area contributed by atoms with Gasteiger partial charge in [0.15, 0.2) is 0 Å². The van der Waals surface area contributed by atoms with E-state index >= 15 is 0 Å².